The quantitative estimate of drug-likeness (QED) is 0.563. The minimum atomic E-state index is -0.0425. The van der Waals surface area contributed by atoms with Crippen LogP contribution in [-0.4, -0.2) is 40.0 Å². The topological polar surface area (TPSA) is 77.7 Å². The van der Waals surface area contributed by atoms with Crippen molar-refractivity contribution in [3.05, 3.63) is 66.2 Å². The second-order valence-electron chi connectivity index (χ2n) is 6.08. The molecule has 1 aromatic carbocycles. The molecule has 0 aliphatic carbocycles. The van der Waals surface area contributed by atoms with Crippen molar-refractivity contribution in [3.8, 4) is 11.1 Å². The zero-order chi connectivity index (χ0) is 17.4. The van der Waals surface area contributed by atoms with E-state index in [-0.39, 0.29) is 5.78 Å². The summed E-state index contributed by atoms with van der Waals surface area (Å²) < 4.78 is 0. The third kappa shape index (κ3) is 2.67. The average Bonchev–Trinajstić information content (AvgIpc) is 3.29. The number of ketones is 1. The van der Waals surface area contributed by atoms with E-state index < -0.39 is 0 Å². The lowest BCUT2D eigenvalue weighted by Gasteiger charge is -2.12. The van der Waals surface area contributed by atoms with Crippen LogP contribution < -0.4 is 4.90 Å². The van der Waals surface area contributed by atoms with Gasteiger partial charge in [0.15, 0.2) is 5.78 Å². The highest BCUT2D eigenvalue weighted by Gasteiger charge is 2.14. The first kappa shape index (κ1) is 15.1. The third-order valence-electron chi connectivity index (χ3n) is 4.25. The zero-order valence-electron chi connectivity index (χ0n) is 13.9. The van der Waals surface area contributed by atoms with Crippen molar-refractivity contribution in [2.45, 2.75) is 0 Å². The summed E-state index contributed by atoms with van der Waals surface area (Å²) in [5.74, 6) is -0.0425. The normalized spacial score (nSPS) is 11.0. The van der Waals surface area contributed by atoms with Gasteiger partial charge in [0, 0.05) is 66.0 Å². The second-order valence-corrected chi connectivity index (χ2v) is 6.08. The number of H-pyrrole nitrogens is 2. The van der Waals surface area contributed by atoms with Gasteiger partial charge in [-0.1, -0.05) is 0 Å². The molecule has 0 radical (unpaired) electrons. The van der Waals surface area contributed by atoms with Gasteiger partial charge in [0.25, 0.3) is 0 Å². The van der Waals surface area contributed by atoms with Gasteiger partial charge in [-0.2, -0.15) is 5.10 Å². The molecule has 6 heteroatoms. The van der Waals surface area contributed by atoms with Gasteiger partial charge in [-0.3, -0.25) is 9.89 Å². The summed E-state index contributed by atoms with van der Waals surface area (Å²) in [5.41, 5.74) is 4.93. The lowest BCUT2D eigenvalue weighted by Crippen LogP contribution is -2.09. The monoisotopic (exact) mass is 331 g/mol. The van der Waals surface area contributed by atoms with Crippen molar-refractivity contribution in [1.82, 2.24) is 20.2 Å². The Kier molecular flexibility index (Phi) is 3.57. The molecule has 0 atom stereocenters. The van der Waals surface area contributed by atoms with E-state index in [4.69, 9.17) is 0 Å². The Morgan fingerprint density at radius 1 is 1.04 bits per heavy atom. The Morgan fingerprint density at radius 3 is 2.52 bits per heavy atom. The number of nitrogens with one attached hydrogen (secondary N) is 2. The van der Waals surface area contributed by atoms with Gasteiger partial charge < -0.3 is 9.88 Å². The van der Waals surface area contributed by atoms with Crippen molar-refractivity contribution in [2.24, 2.45) is 0 Å². The standard InChI is InChI=1S/C19H17N5O/c1-24(2)15-5-3-12(4-6-15)18(25)13-7-16-17(14-9-22-23-10-14)11-21-19(16)20-8-13/h3-11H,1-2H3,(H,20,21)(H,22,23). The molecule has 3 heterocycles. The average molecular weight is 331 g/mol. The summed E-state index contributed by atoms with van der Waals surface area (Å²) >= 11 is 0. The largest absolute Gasteiger partial charge is 0.378 e. The number of pyridine rings is 1. The van der Waals surface area contributed by atoms with Crippen LogP contribution in [-0.2, 0) is 0 Å². The van der Waals surface area contributed by atoms with Crippen molar-refractivity contribution < 1.29 is 4.79 Å². The highest BCUT2D eigenvalue weighted by atomic mass is 16.1. The van der Waals surface area contributed by atoms with Crippen LogP contribution in [0.15, 0.2) is 55.1 Å². The second kappa shape index (κ2) is 5.90. The number of anilines is 1. The lowest BCUT2D eigenvalue weighted by atomic mass is 10.0. The van der Waals surface area contributed by atoms with Gasteiger partial charge in [0.2, 0.25) is 0 Å². The number of benzene rings is 1. The van der Waals surface area contributed by atoms with Crippen LogP contribution in [0.25, 0.3) is 22.2 Å². The Hall–Kier alpha value is -3.41. The van der Waals surface area contributed by atoms with E-state index in [0.29, 0.717) is 11.1 Å². The lowest BCUT2D eigenvalue weighted by molar-refractivity contribution is 0.103. The number of nitrogens with zero attached hydrogens (tertiary/aromatic N) is 3. The Labute approximate surface area is 144 Å². The van der Waals surface area contributed by atoms with E-state index in [2.05, 4.69) is 20.2 Å². The highest BCUT2D eigenvalue weighted by Crippen LogP contribution is 2.28. The van der Waals surface area contributed by atoms with E-state index in [9.17, 15) is 4.79 Å². The summed E-state index contributed by atoms with van der Waals surface area (Å²) in [7, 11) is 3.94. The first-order valence-corrected chi connectivity index (χ1v) is 7.92. The zero-order valence-corrected chi connectivity index (χ0v) is 13.9. The highest BCUT2D eigenvalue weighted by molar-refractivity contribution is 6.11. The predicted octanol–water partition coefficient (Wildman–Crippen LogP) is 3.25. The molecule has 124 valence electrons. The molecule has 0 bridgehead atoms. The maximum absolute atomic E-state index is 12.8. The minimum Gasteiger partial charge on any atom is -0.378 e. The smallest absolute Gasteiger partial charge is 0.194 e. The van der Waals surface area contributed by atoms with Gasteiger partial charge in [0.05, 0.1) is 6.20 Å². The molecule has 0 fully saturated rings. The van der Waals surface area contributed by atoms with Crippen LogP contribution >= 0.6 is 0 Å². The molecule has 3 aromatic heterocycles. The predicted molar refractivity (Wildman–Crippen MR) is 97.9 cm³/mol. The molecular formula is C19H17N5O. The van der Waals surface area contributed by atoms with Gasteiger partial charge in [-0.05, 0) is 30.3 Å². The SMILES string of the molecule is CN(C)c1ccc(C(=O)c2cnc3[nH]cc(-c4cn[nH]c4)c3c2)cc1. The van der Waals surface area contributed by atoms with E-state index in [1.807, 2.05) is 61.7 Å². The summed E-state index contributed by atoms with van der Waals surface area (Å²) in [6.07, 6.45) is 7.05. The molecule has 0 spiro atoms. The van der Waals surface area contributed by atoms with Crippen LogP contribution in [0.1, 0.15) is 15.9 Å². The van der Waals surface area contributed by atoms with Crippen LogP contribution in [0.2, 0.25) is 0 Å². The number of fused-ring (bicyclic) bond motifs is 1. The number of rotatable bonds is 4. The molecule has 0 saturated heterocycles. The van der Waals surface area contributed by atoms with Crippen molar-refractivity contribution >= 4 is 22.5 Å². The van der Waals surface area contributed by atoms with Gasteiger partial charge in [0.1, 0.15) is 5.65 Å². The third-order valence-corrected chi connectivity index (χ3v) is 4.25. The van der Waals surface area contributed by atoms with Crippen molar-refractivity contribution in [1.29, 1.82) is 0 Å². The minimum absolute atomic E-state index is 0.0425. The molecular weight excluding hydrogens is 314 g/mol. The maximum atomic E-state index is 12.8. The summed E-state index contributed by atoms with van der Waals surface area (Å²) in [5, 5.41) is 7.69. The van der Waals surface area contributed by atoms with E-state index >= 15 is 0 Å². The molecule has 0 amide bonds. The summed E-state index contributed by atoms with van der Waals surface area (Å²) in [4.78, 5) is 22.3. The molecule has 25 heavy (non-hydrogen) atoms. The van der Waals surface area contributed by atoms with Gasteiger partial charge in [-0.15, -0.1) is 0 Å². The molecule has 0 saturated carbocycles. The molecule has 0 aliphatic rings. The first-order valence-electron chi connectivity index (χ1n) is 7.92. The number of carbonyl (C=O) groups excluding carboxylic acids is 1. The molecule has 0 aliphatic heterocycles. The Balaban J connectivity index is 1.73. The van der Waals surface area contributed by atoms with E-state index in [1.165, 1.54) is 0 Å². The Bertz CT molecular complexity index is 1030. The molecule has 4 aromatic rings. The molecule has 4 rings (SSSR count). The Morgan fingerprint density at radius 2 is 1.84 bits per heavy atom. The van der Waals surface area contributed by atoms with Gasteiger partial charge in [-0.25, -0.2) is 4.98 Å². The van der Waals surface area contributed by atoms with Crippen LogP contribution in [0.5, 0.6) is 0 Å². The molecule has 0 unspecified atom stereocenters. The fraction of sp³-hybridized carbons (Fsp3) is 0.105. The van der Waals surface area contributed by atoms with E-state index in [0.717, 1.165) is 27.8 Å². The van der Waals surface area contributed by atoms with E-state index in [1.54, 1.807) is 12.4 Å². The molecule has 6 nitrogen and oxygen atoms in total. The first-order chi connectivity index (χ1) is 12.1. The summed E-state index contributed by atoms with van der Waals surface area (Å²) in [6.45, 7) is 0. The fourth-order valence-electron chi connectivity index (χ4n) is 2.84. The van der Waals surface area contributed by atoms with Crippen LogP contribution in [0.3, 0.4) is 0 Å². The number of carbonyl (C=O) groups is 1. The maximum Gasteiger partial charge on any atom is 0.194 e. The van der Waals surface area contributed by atoms with Gasteiger partial charge >= 0.3 is 0 Å². The number of aromatic amines is 2. The van der Waals surface area contributed by atoms with Crippen LogP contribution in [0.4, 0.5) is 5.69 Å². The fourth-order valence-corrected chi connectivity index (χ4v) is 2.84. The number of aromatic nitrogens is 4. The van der Waals surface area contributed by atoms with Crippen molar-refractivity contribution in [3.63, 3.8) is 0 Å². The summed E-state index contributed by atoms with van der Waals surface area (Å²) in [6, 6.07) is 9.44. The molecule has 2 N–H and O–H groups in total. The van der Waals surface area contributed by atoms with Crippen molar-refractivity contribution in [2.75, 3.05) is 19.0 Å². The number of hydrogen-bond donors (Lipinski definition) is 2. The number of hydrogen-bond acceptors (Lipinski definition) is 4. The van der Waals surface area contributed by atoms with Crippen LogP contribution in [0, 0.1) is 0 Å².